The summed E-state index contributed by atoms with van der Waals surface area (Å²) in [5.41, 5.74) is 2.45. The van der Waals surface area contributed by atoms with Gasteiger partial charge in [-0.3, -0.25) is 14.3 Å². The number of nitrogens with one attached hydrogen (secondary N) is 2. The first-order chi connectivity index (χ1) is 15.2. The van der Waals surface area contributed by atoms with Crippen LogP contribution in [0.4, 0.5) is 11.4 Å². The molecular formula is C24H21N3O4S. The summed E-state index contributed by atoms with van der Waals surface area (Å²) in [7, 11) is -2.06. The van der Waals surface area contributed by atoms with Crippen LogP contribution in [0.3, 0.4) is 0 Å². The highest BCUT2D eigenvalue weighted by Gasteiger charge is 2.15. The number of rotatable bonds is 5. The molecule has 0 unspecified atom stereocenters. The molecule has 0 aliphatic carbocycles. The molecule has 1 heterocycles. The van der Waals surface area contributed by atoms with Crippen LogP contribution < -0.4 is 15.6 Å². The van der Waals surface area contributed by atoms with Gasteiger partial charge in [0, 0.05) is 29.9 Å². The summed E-state index contributed by atoms with van der Waals surface area (Å²) in [6.45, 7) is 1.88. The second-order valence-electron chi connectivity index (χ2n) is 7.42. The minimum absolute atomic E-state index is 0.165. The van der Waals surface area contributed by atoms with Gasteiger partial charge in [0.25, 0.3) is 21.5 Å². The van der Waals surface area contributed by atoms with Crippen molar-refractivity contribution in [1.29, 1.82) is 0 Å². The molecule has 0 bridgehead atoms. The minimum atomic E-state index is -3.72. The van der Waals surface area contributed by atoms with Gasteiger partial charge in [-0.15, -0.1) is 0 Å². The lowest BCUT2D eigenvalue weighted by Crippen LogP contribution is -2.21. The fourth-order valence-corrected chi connectivity index (χ4v) is 4.41. The third kappa shape index (κ3) is 4.26. The number of amides is 1. The zero-order valence-corrected chi connectivity index (χ0v) is 18.3. The van der Waals surface area contributed by atoms with Gasteiger partial charge in [0.2, 0.25) is 0 Å². The zero-order chi connectivity index (χ0) is 22.9. The topological polar surface area (TPSA) is 97.3 Å². The number of pyridine rings is 1. The molecule has 162 valence electrons. The Hall–Kier alpha value is -3.91. The highest BCUT2D eigenvalue weighted by atomic mass is 32.2. The van der Waals surface area contributed by atoms with E-state index in [0.717, 1.165) is 5.56 Å². The van der Waals surface area contributed by atoms with Crippen molar-refractivity contribution in [2.75, 3.05) is 10.0 Å². The number of sulfonamides is 1. The number of hydrogen-bond acceptors (Lipinski definition) is 4. The second kappa shape index (κ2) is 8.32. The van der Waals surface area contributed by atoms with Gasteiger partial charge in [-0.2, -0.15) is 0 Å². The summed E-state index contributed by atoms with van der Waals surface area (Å²) >= 11 is 0. The molecular weight excluding hydrogens is 426 g/mol. The Morgan fingerprint density at radius 1 is 0.875 bits per heavy atom. The number of para-hydroxylation sites is 1. The monoisotopic (exact) mass is 447 g/mol. The van der Waals surface area contributed by atoms with Crippen molar-refractivity contribution in [2.45, 2.75) is 11.8 Å². The van der Waals surface area contributed by atoms with Crippen molar-refractivity contribution in [3.8, 4) is 0 Å². The highest BCUT2D eigenvalue weighted by Crippen LogP contribution is 2.21. The Morgan fingerprint density at radius 3 is 2.19 bits per heavy atom. The van der Waals surface area contributed by atoms with E-state index in [9.17, 15) is 18.0 Å². The molecule has 0 radical (unpaired) electrons. The van der Waals surface area contributed by atoms with Crippen LogP contribution in [0.1, 0.15) is 15.9 Å². The van der Waals surface area contributed by atoms with Crippen LogP contribution in [0.15, 0.2) is 88.6 Å². The Kier molecular flexibility index (Phi) is 5.54. The molecule has 4 aromatic rings. The number of fused-ring (bicyclic) bond motifs is 1. The zero-order valence-electron chi connectivity index (χ0n) is 17.5. The number of aryl methyl sites for hydroxylation is 2. The molecule has 3 aromatic carbocycles. The van der Waals surface area contributed by atoms with E-state index in [-0.39, 0.29) is 16.0 Å². The number of aromatic nitrogens is 1. The first-order valence-corrected chi connectivity index (χ1v) is 11.3. The van der Waals surface area contributed by atoms with Crippen LogP contribution in [-0.2, 0) is 17.1 Å². The number of benzene rings is 3. The van der Waals surface area contributed by atoms with E-state index in [2.05, 4.69) is 10.0 Å². The molecule has 0 saturated carbocycles. The number of carbonyl (C=O) groups is 1. The van der Waals surface area contributed by atoms with Crippen molar-refractivity contribution in [1.82, 2.24) is 4.57 Å². The lowest BCUT2D eigenvalue weighted by Gasteiger charge is -2.12. The third-order valence-corrected chi connectivity index (χ3v) is 6.52. The molecule has 1 aromatic heterocycles. The van der Waals surface area contributed by atoms with E-state index in [1.54, 1.807) is 79.8 Å². The summed E-state index contributed by atoms with van der Waals surface area (Å²) in [6.07, 6.45) is 0. The molecule has 0 spiro atoms. The van der Waals surface area contributed by atoms with Crippen LogP contribution >= 0.6 is 0 Å². The third-order valence-electron chi connectivity index (χ3n) is 5.12. The average Bonchev–Trinajstić information content (AvgIpc) is 2.77. The fraction of sp³-hybridized carbons (Fsp3) is 0.0833. The first kappa shape index (κ1) is 21.3. The maximum Gasteiger partial charge on any atom is 0.261 e. The lowest BCUT2D eigenvalue weighted by molar-refractivity contribution is 0.102. The Labute approximate surface area is 185 Å². The minimum Gasteiger partial charge on any atom is -0.322 e. The van der Waals surface area contributed by atoms with Crippen molar-refractivity contribution in [3.05, 3.63) is 100 Å². The Bertz CT molecular complexity index is 1470. The van der Waals surface area contributed by atoms with Crippen LogP contribution in [0.2, 0.25) is 0 Å². The molecule has 4 rings (SSSR count). The number of nitrogens with zero attached hydrogens (tertiary/aromatic N) is 1. The molecule has 2 N–H and O–H groups in total. The van der Waals surface area contributed by atoms with Crippen molar-refractivity contribution in [2.24, 2.45) is 7.05 Å². The maximum absolute atomic E-state index is 12.8. The summed E-state index contributed by atoms with van der Waals surface area (Å²) in [5, 5.41) is 3.42. The van der Waals surface area contributed by atoms with Gasteiger partial charge in [-0.1, -0.05) is 35.9 Å². The van der Waals surface area contributed by atoms with E-state index in [0.29, 0.717) is 22.3 Å². The highest BCUT2D eigenvalue weighted by molar-refractivity contribution is 7.92. The largest absolute Gasteiger partial charge is 0.322 e. The van der Waals surface area contributed by atoms with E-state index in [1.165, 1.54) is 10.6 Å². The summed E-state index contributed by atoms with van der Waals surface area (Å²) in [4.78, 5) is 25.3. The van der Waals surface area contributed by atoms with Gasteiger partial charge in [0.05, 0.1) is 16.0 Å². The quantitative estimate of drug-likeness (QED) is 0.485. The summed E-state index contributed by atoms with van der Waals surface area (Å²) < 4.78 is 29.1. The SMILES string of the molecule is Cc1ccc(S(=O)(=O)Nc2ccc(NC(=O)c3cc(=O)n(C)c4ccccc34)cc2)cc1. The van der Waals surface area contributed by atoms with E-state index in [1.807, 2.05) is 6.92 Å². The fourth-order valence-electron chi connectivity index (χ4n) is 3.35. The summed E-state index contributed by atoms with van der Waals surface area (Å²) in [5.74, 6) is -0.424. The van der Waals surface area contributed by atoms with Gasteiger partial charge in [0.15, 0.2) is 0 Å². The number of carbonyl (C=O) groups excluding carboxylic acids is 1. The standard InChI is InChI=1S/C24H21N3O4S/c1-16-7-13-19(14-8-16)32(30,31)26-18-11-9-17(10-12-18)25-24(29)21-15-23(28)27(2)22-6-4-3-5-20(21)22/h3-15,26H,1-2H3,(H,25,29). The molecule has 0 saturated heterocycles. The Balaban J connectivity index is 1.54. The lowest BCUT2D eigenvalue weighted by atomic mass is 10.1. The van der Waals surface area contributed by atoms with Gasteiger partial charge in [-0.25, -0.2) is 8.42 Å². The Morgan fingerprint density at radius 2 is 1.50 bits per heavy atom. The molecule has 0 aliphatic rings. The molecule has 0 atom stereocenters. The van der Waals surface area contributed by atoms with Crippen LogP contribution in [-0.4, -0.2) is 18.9 Å². The van der Waals surface area contributed by atoms with E-state index >= 15 is 0 Å². The molecule has 1 amide bonds. The molecule has 0 aliphatic heterocycles. The first-order valence-electron chi connectivity index (χ1n) is 9.84. The van der Waals surface area contributed by atoms with Crippen molar-refractivity contribution >= 4 is 38.2 Å². The van der Waals surface area contributed by atoms with E-state index in [4.69, 9.17) is 0 Å². The van der Waals surface area contributed by atoms with Crippen LogP contribution in [0, 0.1) is 6.92 Å². The van der Waals surface area contributed by atoms with E-state index < -0.39 is 15.9 Å². The number of hydrogen-bond donors (Lipinski definition) is 2. The second-order valence-corrected chi connectivity index (χ2v) is 9.10. The average molecular weight is 448 g/mol. The smallest absolute Gasteiger partial charge is 0.261 e. The number of anilines is 2. The maximum atomic E-state index is 12.8. The predicted molar refractivity (Wildman–Crippen MR) is 126 cm³/mol. The van der Waals surface area contributed by atoms with Gasteiger partial charge < -0.3 is 9.88 Å². The van der Waals surface area contributed by atoms with Crippen molar-refractivity contribution < 1.29 is 13.2 Å². The van der Waals surface area contributed by atoms with Gasteiger partial charge in [-0.05, 0) is 49.4 Å². The predicted octanol–water partition coefficient (Wildman–Crippen LogP) is 3.90. The molecule has 7 nitrogen and oxygen atoms in total. The normalized spacial score (nSPS) is 11.3. The van der Waals surface area contributed by atoms with Gasteiger partial charge >= 0.3 is 0 Å². The summed E-state index contributed by atoms with van der Waals surface area (Å²) in [6, 6.07) is 21.3. The molecule has 0 fully saturated rings. The molecule has 32 heavy (non-hydrogen) atoms. The van der Waals surface area contributed by atoms with Gasteiger partial charge in [0.1, 0.15) is 0 Å². The van der Waals surface area contributed by atoms with Crippen LogP contribution in [0.5, 0.6) is 0 Å². The van der Waals surface area contributed by atoms with Crippen LogP contribution in [0.25, 0.3) is 10.9 Å². The van der Waals surface area contributed by atoms with Crippen molar-refractivity contribution in [3.63, 3.8) is 0 Å². The molecule has 8 heteroatoms.